The summed E-state index contributed by atoms with van der Waals surface area (Å²) in [6.07, 6.45) is 4.45. The van der Waals surface area contributed by atoms with Gasteiger partial charge in [-0.15, -0.1) is 0 Å². The maximum absolute atomic E-state index is 5.74. The summed E-state index contributed by atoms with van der Waals surface area (Å²) in [6.45, 7) is 0.742. The molecule has 3 N–H and O–H groups in total. The first kappa shape index (κ1) is 8.23. The van der Waals surface area contributed by atoms with Crippen LogP contribution < -0.4 is 11.2 Å². The second kappa shape index (κ2) is 4.10. The minimum Gasteiger partial charge on any atom is -0.411 e. The van der Waals surface area contributed by atoms with E-state index in [1.54, 1.807) is 13.3 Å². The zero-order chi connectivity index (χ0) is 8.10. The molecule has 0 radical (unpaired) electrons. The predicted molar refractivity (Wildman–Crippen MR) is 44.2 cm³/mol. The summed E-state index contributed by atoms with van der Waals surface area (Å²) in [5.74, 6) is 0.810. The summed E-state index contributed by atoms with van der Waals surface area (Å²) in [5, 5.41) is 0. The molecule has 11 heavy (non-hydrogen) atoms. The van der Waals surface area contributed by atoms with Gasteiger partial charge in [0.2, 0.25) is 0 Å². The average Bonchev–Trinajstić information content (AvgIpc) is 2.52. The largest absolute Gasteiger partial charge is 0.411 e. The normalized spacial score (nSPS) is 20.0. The van der Waals surface area contributed by atoms with Crippen LogP contribution in [0, 0.1) is 0 Å². The predicted octanol–water partition coefficient (Wildman–Crippen LogP) is -0.177. The molecular weight excluding hydrogens is 142 g/mol. The molecular formula is C7H13N3O. The highest BCUT2D eigenvalue weighted by Crippen LogP contribution is 2.06. The molecule has 62 valence electrons. The summed E-state index contributed by atoms with van der Waals surface area (Å²) in [7, 11) is 1.73. The SMILES string of the molecule is CN=CCC(N)C1=CCNO1. The van der Waals surface area contributed by atoms with Crippen molar-refractivity contribution in [2.45, 2.75) is 12.5 Å². The molecule has 0 aromatic heterocycles. The van der Waals surface area contributed by atoms with Gasteiger partial charge in [0.1, 0.15) is 5.76 Å². The number of nitrogens with one attached hydrogen (secondary N) is 1. The van der Waals surface area contributed by atoms with Crippen LogP contribution in [0.5, 0.6) is 0 Å². The third kappa shape index (κ3) is 2.32. The van der Waals surface area contributed by atoms with Crippen LogP contribution in [0.2, 0.25) is 0 Å². The Morgan fingerprint density at radius 3 is 3.36 bits per heavy atom. The molecule has 1 rings (SSSR count). The number of hydroxylamine groups is 1. The zero-order valence-corrected chi connectivity index (χ0v) is 6.58. The van der Waals surface area contributed by atoms with Crippen LogP contribution in [0.1, 0.15) is 6.42 Å². The van der Waals surface area contributed by atoms with E-state index in [1.807, 2.05) is 6.08 Å². The van der Waals surface area contributed by atoms with Crippen LogP contribution in [-0.2, 0) is 4.84 Å². The molecule has 1 unspecified atom stereocenters. The number of hydrogen-bond acceptors (Lipinski definition) is 4. The van der Waals surface area contributed by atoms with E-state index >= 15 is 0 Å². The summed E-state index contributed by atoms with van der Waals surface area (Å²) in [5.41, 5.74) is 8.45. The molecule has 0 saturated carbocycles. The van der Waals surface area contributed by atoms with E-state index < -0.39 is 0 Å². The lowest BCUT2D eigenvalue weighted by atomic mass is 10.2. The van der Waals surface area contributed by atoms with E-state index in [0.717, 1.165) is 18.7 Å². The molecule has 0 aromatic rings. The van der Waals surface area contributed by atoms with E-state index in [0.29, 0.717) is 0 Å². The van der Waals surface area contributed by atoms with Crippen molar-refractivity contribution in [1.82, 2.24) is 5.48 Å². The second-order valence-electron chi connectivity index (χ2n) is 2.34. The molecule has 4 nitrogen and oxygen atoms in total. The molecule has 1 atom stereocenters. The second-order valence-corrected chi connectivity index (χ2v) is 2.34. The van der Waals surface area contributed by atoms with Gasteiger partial charge in [-0.1, -0.05) is 0 Å². The molecule has 4 heteroatoms. The summed E-state index contributed by atoms with van der Waals surface area (Å²) in [6, 6.07) is -0.0614. The lowest BCUT2D eigenvalue weighted by Crippen LogP contribution is -2.24. The molecule has 0 amide bonds. The van der Waals surface area contributed by atoms with Gasteiger partial charge in [-0.3, -0.25) is 0 Å². The average molecular weight is 155 g/mol. The molecule has 1 aliphatic heterocycles. The van der Waals surface area contributed by atoms with Crippen molar-refractivity contribution in [1.29, 1.82) is 0 Å². The summed E-state index contributed by atoms with van der Waals surface area (Å²) in [4.78, 5) is 8.88. The molecule has 1 heterocycles. The fourth-order valence-corrected chi connectivity index (χ4v) is 0.871. The lowest BCUT2D eigenvalue weighted by Gasteiger charge is -2.08. The lowest BCUT2D eigenvalue weighted by molar-refractivity contribution is 0.127. The van der Waals surface area contributed by atoms with Gasteiger partial charge in [-0.2, -0.15) is 5.48 Å². The number of aliphatic imine (C=N–C) groups is 1. The van der Waals surface area contributed by atoms with E-state index in [4.69, 9.17) is 10.6 Å². The molecule has 0 spiro atoms. The molecule has 0 aromatic carbocycles. The van der Waals surface area contributed by atoms with Crippen molar-refractivity contribution in [2.75, 3.05) is 13.6 Å². The molecule has 0 fully saturated rings. The number of rotatable bonds is 3. The molecule has 0 bridgehead atoms. The van der Waals surface area contributed by atoms with E-state index in [2.05, 4.69) is 10.5 Å². The first-order valence-electron chi connectivity index (χ1n) is 3.60. The molecule has 0 aliphatic carbocycles. The van der Waals surface area contributed by atoms with Crippen LogP contribution in [-0.4, -0.2) is 25.8 Å². The van der Waals surface area contributed by atoms with Crippen LogP contribution in [0.15, 0.2) is 16.8 Å². The summed E-state index contributed by atoms with van der Waals surface area (Å²) >= 11 is 0. The third-order valence-corrected chi connectivity index (χ3v) is 1.48. The number of hydrogen-bond donors (Lipinski definition) is 2. The Labute approximate surface area is 66.1 Å². The quantitative estimate of drug-likeness (QED) is 0.556. The van der Waals surface area contributed by atoms with Crippen LogP contribution >= 0.6 is 0 Å². The van der Waals surface area contributed by atoms with Gasteiger partial charge in [-0.05, 0) is 6.08 Å². The van der Waals surface area contributed by atoms with Gasteiger partial charge >= 0.3 is 0 Å². The molecule has 0 saturated heterocycles. The highest BCUT2D eigenvalue weighted by molar-refractivity contribution is 5.58. The van der Waals surface area contributed by atoms with Gasteiger partial charge in [0.15, 0.2) is 0 Å². The van der Waals surface area contributed by atoms with Crippen molar-refractivity contribution in [3.63, 3.8) is 0 Å². The highest BCUT2D eigenvalue weighted by atomic mass is 16.7. The minimum atomic E-state index is -0.0614. The molecule has 1 aliphatic rings. The summed E-state index contributed by atoms with van der Waals surface area (Å²) < 4.78 is 0. The monoisotopic (exact) mass is 155 g/mol. The standard InChI is InChI=1S/C7H13N3O/c1-9-4-2-6(8)7-3-5-10-11-7/h3-4,6,10H,2,5,8H2,1H3. The van der Waals surface area contributed by atoms with Crippen molar-refractivity contribution in [3.8, 4) is 0 Å². The number of nitrogens with zero attached hydrogens (tertiary/aromatic N) is 1. The van der Waals surface area contributed by atoms with Crippen LogP contribution in [0.4, 0.5) is 0 Å². The van der Waals surface area contributed by atoms with Gasteiger partial charge in [0.05, 0.1) is 12.6 Å². The van der Waals surface area contributed by atoms with E-state index in [1.165, 1.54) is 0 Å². The van der Waals surface area contributed by atoms with Gasteiger partial charge in [0, 0.05) is 19.7 Å². The number of nitrogens with two attached hydrogens (primary N) is 1. The maximum Gasteiger partial charge on any atom is 0.138 e. The van der Waals surface area contributed by atoms with Crippen molar-refractivity contribution in [2.24, 2.45) is 10.7 Å². The zero-order valence-electron chi connectivity index (χ0n) is 6.58. The van der Waals surface area contributed by atoms with Crippen LogP contribution in [0.25, 0.3) is 0 Å². The van der Waals surface area contributed by atoms with Crippen LogP contribution in [0.3, 0.4) is 0 Å². The fourth-order valence-electron chi connectivity index (χ4n) is 0.871. The Balaban J connectivity index is 2.34. The highest BCUT2D eigenvalue weighted by Gasteiger charge is 2.12. The Morgan fingerprint density at radius 2 is 2.82 bits per heavy atom. The first-order chi connectivity index (χ1) is 5.34. The minimum absolute atomic E-state index is 0.0614. The van der Waals surface area contributed by atoms with Crippen molar-refractivity contribution >= 4 is 6.21 Å². The topological polar surface area (TPSA) is 59.6 Å². The smallest absolute Gasteiger partial charge is 0.138 e. The fraction of sp³-hybridized carbons (Fsp3) is 0.571. The maximum atomic E-state index is 5.74. The Kier molecular flexibility index (Phi) is 3.07. The van der Waals surface area contributed by atoms with Crippen molar-refractivity contribution < 1.29 is 4.84 Å². The van der Waals surface area contributed by atoms with E-state index in [-0.39, 0.29) is 6.04 Å². The Bertz CT molecular complexity index is 177. The first-order valence-corrected chi connectivity index (χ1v) is 3.60. The Morgan fingerprint density at radius 1 is 2.00 bits per heavy atom. The van der Waals surface area contributed by atoms with Crippen molar-refractivity contribution in [3.05, 3.63) is 11.8 Å². The Hall–Kier alpha value is -0.870. The third-order valence-electron chi connectivity index (χ3n) is 1.48. The van der Waals surface area contributed by atoms with Gasteiger partial charge in [-0.25, -0.2) is 0 Å². The van der Waals surface area contributed by atoms with Gasteiger partial charge in [0.25, 0.3) is 0 Å². The van der Waals surface area contributed by atoms with E-state index in [9.17, 15) is 0 Å². The van der Waals surface area contributed by atoms with Gasteiger partial charge < -0.3 is 15.6 Å².